The number of fused-ring (bicyclic) bond motifs is 3. The van der Waals surface area contributed by atoms with Crippen molar-refractivity contribution in [2.24, 2.45) is 5.92 Å². The Morgan fingerprint density at radius 2 is 1.86 bits per heavy atom. The van der Waals surface area contributed by atoms with Gasteiger partial charge in [-0.2, -0.15) is 4.98 Å². The van der Waals surface area contributed by atoms with Crippen molar-refractivity contribution in [3.8, 4) is 0 Å². The number of hydrogen-bond donors (Lipinski definition) is 2. The molecule has 2 N–H and O–H groups in total. The van der Waals surface area contributed by atoms with Crippen LogP contribution in [0, 0.1) is 5.92 Å². The zero-order valence-corrected chi connectivity index (χ0v) is 16.2. The Bertz CT molecular complexity index is 1090. The van der Waals surface area contributed by atoms with Crippen LogP contribution in [0.3, 0.4) is 0 Å². The molecule has 1 aromatic carbocycles. The predicted octanol–water partition coefficient (Wildman–Crippen LogP) is 3.63. The molecule has 0 aliphatic heterocycles. The summed E-state index contributed by atoms with van der Waals surface area (Å²) in [6, 6.07) is 7.74. The van der Waals surface area contributed by atoms with E-state index in [9.17, 15) is 9.90 Å². The normalized spacial score (nSPS) is 25.3. The van der Waals surface area contributed by atoms with Gasteiger partial charge in [-0.05, 0) is 62.8 Å². The van der Waals surface area contributed by atoms with Gasteiger partial charge >= 0.3 is 0 Å². The first-order valence-electron chi connectivity index (χ1n) is 10.3. The lowest BCUT2D eigenvalue weighted by molar-refractivity contribution is 0.0100. The lowest BCUT2D eigenvalue weighted by Gasteiger charge is -2.34. The fraction of sp³-hybridized carbons (Fsp3) is 0.500. The number of hydrogen-bond acceptors (Lipinski definition) is 5. The first-order chi connectivity index (χ1) is 13.5. The molecule has 6 nitrogen and oxygen atoms in total. The first-order valence-corrected chi connectivity index (χ1v) is 10.3. The van der Waals surface area contributed by atoms with Gasteiger partial charge in [-0.3, -0.25) is 9.36 Å². The minimum Gasteiger partial charge on any atom is -0.390 e. The van der Waals surface area contributed by atoms with Crippen LogP contribution in [-0.4, -0.2) is 31.8 Å². The Labute approximate surface area is 163 Å². The number of benzene rings is 1. The van der Waals surface area contributed by atoms with E-state index in [2.05, 4.69) is 10.3 Å². The molecule has 2 fully saturated rings. The largest absolute Gasteiger partial charge is 0.390 e. The lowest BCUT2D eigenvalue weighted by Crippen LogP contribution is -2.35. The molecule has 2 aliphatic rings. The Hall–Kier alpha value is -2.47. The van der Waals surface area contributed by atoms with Crippen molar-refractivity contribution in [1.82, 2.24) is 14.5 Å². The molecule has 2 aromatic heterocycles. The van der Waals surface area contributed by atoms with E-state index in [1.807, 2.05) is 42.0 Å². The lowest BCUT2D eigenvalue weighted by atomic mass is 9.83. The fourth-order valence-electron chi connectivity index (χ4n) is 4.34. The quantitative estimate of drug-likeness (QED) is 0.678. The number of aliphatic hydroxyl groups is 1. The van der Waals surface area contributed by atoms with E-state index < -0.39 is 5.60 Å². The third-order valence-corrected chi connectivity index (χ3v) is 6.31. The van der Waals surface area contributed by atoms with E-state index in [1.165, 1.54) is 12.8 Å². The van der Waals surface area contributed by atoms with Crippen molar-refractivity contribution in [2.75, 3.05) is 11.9 Å². The van der Waals surface area contributed by atoms with E-state index in [1.54, 1.807) is 0 Å². The van der Waals surface area contributed by atoms with Gasteiger partial charge in [0.05, 0.1) is 5.60 Å². The average Bonchev–Trinajstić information content (AvgIpc) is 3.52. The first kappa shape index (κ1) is 17.6. The fourth-order valence-corrected chi connectivity index (χ4v) is 4.34. The highest BCUT2D eigenvalue weighted by Crippen LogP contribution is 2.36. The minimum absolute atomic E-state index is 0.00138. The second-order valence-electron chi connectivity index (χ2n) is 8.70. The molecule has 5 rings (SSSR count). The van der Waals surface area contributed by atoms with E-state index in [-0.39, 0.29) is 11.6 Å². The summed E-state index contributed by atoms with van der Waals surface area (Å²) in [6.07, 6.45) is 7.29. The van der Waals surface area contributed by atoms with Gasteiger partial charge < -0.3 is 10.4 Å². The average molecular weight is 378 g/mol. The van der Waals surface area contributed by atoms with Crippen molar-refractivity contribution >= 4 is 27.8 Å². The van der Waals surface area contributed by atoms with Crippen LogP contribution in [0.5, 0.6) is 0 Å². The summed E-state index contributed by atoms with van der Waals surface area (Å²) in [5.41, 5.74) is 0.0589. The summed E-state index contributed by atoms with van der Waals surface area (Å²) in [6.45, 7) is 2.77. The van der Waals surface area contributed by atoms with Crippen LogP contribution < -0.4 is 10.9 Å². The zero-order chi connectivity index (χ0) is 19.3. The molecule has 3 aromatic rings. The standard InChI is InChI=1S/C22H26N4O2/c1-22(28)10-8-15(9-11-22)26-19-18(16-4-2-3-5-17(16)20(26)27)13-24-21(25-19)23-12-14-6-7-14/h2-5,13-15,28H,6-12H2,1H3,(H,23,24,25). The van der Waals surface area contributed by atoms with E-state index >= 15 is 0 Å². The molecule has 2 saturated carbocycles. The van der Waals surface area contributed by atoms with Crippen molar-refractivity contribution in [3.05, 3.63) is 40.8 Å². The maximum absolute atomic E-state index is 13.4. The van der Waals surface area contributed by atoms with Gasteiger partial charge in [0.2, 0.25) is 5.95 Å². The molecular formula is C22H26N4O2. The highest BCUT2D eigenvalue weighted by molar-refractivity contribution is 6.04. The van der Waals surface area contributed by atoms with E-state index in [4.69, 9.17) is 4.98 Å². The Morgan fingerprint density at radius 1 is 1.14 bits per heavy atom. The van der Waals surface area contributed by atoms with Crippen LogP contribution in [-0.2, 0) is 0 Å². The molecule has 0 radical (unpaired) electrons. The van der Waals surface area contributed by atoms with Crippen LogP contribution in [0.2, 0.25) is 0 Å². The number of rotatable bonds is 4. The highest BCUT2D eigenvalue weighted by atomic mass is 16.3. The Kier molecular flexibility index (Phi) is 4.12. The third kappa shape index (κ3) is 3.15. The second-order valence-corrected chi connectivity index (χ2v) is 8.70. The number of nitrogens with zero attached hydrogens (tertiary/aromatic N) is 3. The van der Waals surface area contributed by atoms with Gasteiger partial charge in [-0.25, -0.2) is 4.98 Å². The van der Waals surface area contributed by atoms with E-state index in [0.717, 1.165) is 36.1 Å². The van der Waals surface area contributed by atoms with Gasteiger partial charge in [0, 0.05) is 29.6 Å². The highest BCUT2D eigenvalue weighted by Gasteiger charge is 2.31. The van der Waals surface area contributed by atoms with Crippen LogP contribution in [0.25, 0.3) is 21.8 Å². The summed E-state index contributed by atoms with van der Waals surface area (Å²) in [5.74, 6) is 1.31. The molecule has 0 atom stereocenters. The third-order valence-electron chi connectivity index (χ3n) is 6.31. The van der Waals surface area contributed by atoms with Crippen molar-refractivity contribution in [3.63, 3.8) is 0 Å². The maximum Gasteiger partial charge on any atom is 0.260 e. The summed E-state index contributed by atoms with van der Waals surface area (Å²) < 4.78 is 1.86. The zero-order valence-electron chi connectivity index (χ0n) is 16.2. The van der Waals surface area contributed by atoms with E-state index in [0.29, 0.717) is 29.8 Å². The Balaban J connectivity index is 1.66. The molecule has 2 aliphatic carbocycles. The summed E-state index contributed by atoms with van der Waals surface area (Å²) >= 11 is 0. The second kappa shape index (κ2) is 6.55. The van der Waals surface area contributed by atoms with Gasteiger partial charge in [-0.15, -0.1) is 0 Å². The number of pyridine rings is 1. The van der Waals surface area contributed by atoms with Gasteiger partial charge in [0.25, 0.3) is 5.56 Å². The van der Waals surface area contributed by atoms with Crippen LogP contribution >= 0.6 is 0 Å². The molecule has 0 unspecified atom stereocenters. The topological polar surface area (TPSA) is 80.0 Å². The monoisotopic (exact) mass is 378 g/mol. The van der Waals surface area contributed by atoms with Gasteiger partial charge in [0.15, 0.2) is 0 Å². The van der Waals surface area contributed by atoms with Crippen molar-refractivity contribution in [2.45, 2.75) is 57.1 Å². The van der Waals surface area contributed by atoms with Crippen LogP contribution in [0.15, 0.2) is 35.3 Å². The molecule has 2 heterocycles. The van der Waals surface area contributed by atoms with Gasteiger partial charge in [-0.1, -0.05) is 18.2 Å². The minimum atomic E-state index is -0.640. The molecule has 0 saturated heterocycles. The molecule has 0 amide bonds. The van der Waals surface area contributed by atoms with Crippen LogP contribution in [0.1, 0.15) is 51.5 Å². The Morgan fingerprint density at radius 3 is 2.57 bits per heavy atom. The molecular weight excluding hydrogens is 352 g/mol. The van der Waals surface area contributed by atoms with Crippen molar-refractivity contribution < 1.29 is 5.11 Å². The summed E-state index contributed by atoms with van der Waals surface area (Å²) in [7, 11) is 0. The SMILES string of the molecule is CC1(O)CCC(n2c(=O)c3ccccc3c3cnc(NCC4CC4)nc32)CC1. The van der Waals surface area contributed by atoms with Crippen molar-refractivity contribution in [1.29, 1.82) is 0 Å². The number of anilines is 1. The maximum atomic E-state index is 13.4. The van der Waals surface area contributed by atoms with Gasteiger partial charge in [0.1, 0.15) is 5.65 Å². The summed E-state index contributed by atoms with van der Waals surface area (Å²) in [5, 5.41) is 16.2. The predicted molar refractivity (Wildman–Crippen MR) is 111 cm³/mol. The smallest absolute Gasteiger partial charge is 0.260 e. The van der Waals surface area contributed by atoms with Crippen LogP contribution in [0.4, 0.5) is 5.95 Å². The molecule has 146 valence electrons. The molecule has 0 bridgehead atoms. The molecule has 28 heavy (non-hydrogen) atoms. The summed E-state index contributed by atoms with van der Waals surface area (Å²) in [4.78, 5) is 22.7. The molecule has 0 spiro atoms. The number of aromatic nitrogens is 3. The number of nitrogens with one attached hydrogen (secondary N) is 1. The molecule has 6 heteroatoms.